The van der Waals surface area contributed by atoms with Gasteiger partial charge in [0.2, 0.25) is 0 Å². The molecule has 0 saturated carbocycles. The van der Waals surface area contributed by atoms with Crippen LogP contribution in [-0.2, 0) is 4.79 Å². The predicted octanol–water partition coefficient (Wildman–Crippen LogP) is 1.55. The van der Waals surface area contributed by atoms with Crippen LogP contribution in [0.2, 0.25) is 0 Å². The van der Waals surface area contributed by atoms with E-state index in [1.807, 2.05) is 0 Å². The smallest absolute Gasteiger partial charge is 0.550 e. The molecule has 0 heterocycles. The van der Waals surface area contributed by atoms with Gasteiger partial charge in [-0.15, -0.1) is 0 Å². The third-order valence-electron chi connectivity index (χ3n) is 3.33. The molecule has 0 fully saturated rings. The van der Waals surface area contributed by atoms with E-state index in [1.54, 1.807) is 0 Å². The van der Waals surface area contributed by atoms with Gasteiger partial charge in [-0.25, -0.2) is 0 Å². The summed E-state index contributed by atoms with van der Waals surface area (Å²) in [5, 5.41) is 10.2. The Morgan fingerprint density at radius 3 is 1.90 bits per heavy atom. The molecule has 116 valence electrons. The number of aliphatic carboxylic acids is 1. The Morgan fingerprint density at radius 2 is 1.33 bits per heavy atom. The monoisotopic (exact) mass is 336 g/mol. The zero-order chi connectivity index (χ0) is 14.9. The van der Waals surface area contributed by atoms with Crippen molar-refractivity contribution in [2.75, 3.05) is 0 Å². The molecule has 0 amide bonds. The Morgan fingerprint density at radius 1 is 0.810 bits per heavy atom. The molecule has 0 aliphatic rings. The summed E-state index contributed by atoms with van der Waals surface area (Å²) in [5.41, 5.74) is 0. The first kappa shape index (κ1) is 23.8. The first-order chi connectivity index (χ1) is 9.77. The van der Waals surface area contributed by atoms with Crippen LogP contribution in [-0.4, -0.2) is 5.97 Å². The van der Waals surface area contributed by atoms with Crippen LogP contribution in [0.25, 0.3) is 0 Å². The summed E-state index contributed by atoms with van der Waals surface area (Å²) in [6.07, 6.45) is 21.9. The number of carboxylic acid groups (broad SMARTS) is 1. The Hall–Kier alpha value is 0.586. The van der Waals surface area contributed by atoms with Crippen molar-refractivity contribution < 1.29 is 61.3 Å². The maximum Gasteiger partial charge on any atom is 1.00 e. The van der Waals surface area contributed by atoms with Gasteiger partial charge in [-0.05, 0) is 44.9 Å². The maximum absolute atomic E-state index is 10.2. The van der Waals surface area contributed by atoms with Crippen molar-refractivity contribution in [1.82, 2.24) is 0 Å². The molecular weight excluding hydrogens is 305 g/mol. The Kier molecular flexibility index (Phi) is 23.4. The molecule has 0 aromatic rings. The van der Waals surface area contributed by atoms with Gasteiger partial charge in [-0.3, -0.25) is 0 Å². The van der Waals surface area contributed by atoms with E-state index in [-0.39, 0.29) is 57.8 Å². The van der Waals surface area contributed by atoms with Gasteiger partial charge in [0.25, 0.3) is 0 Å². The van der Waals surface area contributed by atoms with E-state index in [0.717, 1.165) is 32.1 Å². The van der Waals surface area contributed by atoms with Crippen molar-refractivity contribution in [3.63, 3.8) is 0 Å². The van der Waals surface area contributed by atoms with Gasteiger partial charge >= 0.3 is 51.4 Å². The summed E-state index contributed by atoms with van der Waals surface area (Å²) in [6.45, 7) is 2.23. The van der Waals surface area contributed by atoms with E-state index < -0.39 is 5.97 Å². The normalized spacial score (nSPS) is 11.1. The first-order valence-corrected chi connectivity index (χ1v) is 8.27. The van der Waals surface area contributed by atoms with Crippen molar-refractivity contribution in [3.05, 3.63) is 24.3 Å². The SMILES string of the molecule is [13CH3][13CH2][13CH2][13CH2][13CH2]/[13CH]=[13CH]\[13CH2]/[13CH]=[13CH]\[13CH2][13CH2][13CH2][13CH2][13CH2][13CH2][13CH2][13C](=O)[O-].[K+]. The molecular formula is C18H31KO2. The van der Waals surface area contributed by atoms with Crippen molar-refractivity contribution >= 4 is 5.97 Å². The number of carbonyl (C=O) groups excluding carboxylic acids is 1. The van der Waals surface area contributed by atoms with E-state index in [0.29, 0.717) is 0 Å². The number of carbonyl (C=O) groups is 1. The third-order valence-corrected chi connectivity index (χ3v) is 3.33. The van der Waals surface area contributed by atoms with Gasteiger partial charge in [0.1, 0.15) is 0 Å². The van der Waals surface area contributed by atoms with E-state index in [4.69, 9.17) is 0 Å². The number of unbranched alkanes of at least 4 members (excludes halogenated alkanes) is 8. The van der Waals surface area contributed by atoms with Crippen LogP contribution < -0.4 is 56.5 Å². The van der Waals surface area contributed by atoms with Crippen LogP contribution in [0, 0.1) is 0 Å². The molecule has 0 bridgehead atoms. The maximum atomic E-state index is 10.2. The second kappa shape index (κ2) is 20.6. The molecule has 0 N–H and O–H groups in total. The largest absolute Gasteiger partial charge is 1.00 e. The van der Waals surface area contributed by atoms with Crippen molar-refractivity contribution in [2.24, 2.45) is 0 Å². The molecule has 0 atom stereocenters. The molecule has 0 radical (unpaired) electrons. The van der Waals surface area contributed by atoms with Gasteiger partial charge in [0, 0.05) is 5.97 Å². The Labute approximate surface area is 173 Å². The van der Waals surface area contributed by atoms with E-state index in [2.05, 4.69) is 31.2 Å². The second-order valence-corrected chi connectivity index (χ2v) is 5.35. The standard InChI is InChI=1S/C18H32O2.K/c1-2-3-4-5-6-7-8-9-10-11-12-13-14-15-16-17-18(19)20;/h6-7,9-10H,2-5,8,11-17H2,1H3,(H,19,20);/q;+1/p-1/b7-6-,10-9-;/i1+1,2+1,3+1,4+1,5+1,6+1,7+1,8+1,9+1,10+1,11+1,12+1,13+1,14+1,15+1,16+1,17+1,18+1;. The summed E-state index contributed by atoms with van der Waals surface area (Å²) in [5.74, 6) is -0.921. The number of hydrogen-bond acceptors (Lipinski definition) is 2. The first-order valence-electron chi connectivity index (χ1n) is 8.27. The topological polar surface area (TPSA) is 40.1 Å². The number of allylic oxidation sites excluding steroid dienone is 4. The number of rotatable bonds is 14. The number of carboxylic acids is 1. The van der Waals surface area contributed by atoms with E-state index in [1.165, 1.54) is 38.5 Å². The fourth-order valence-electron chi connectivity index (χ4n) is 2.08. The molecule has 0 unspecified atom stereocenters. The van der Waals surface area contributed by atoms with Gasteiger partial charge in [-0.2, -0.15) is 0 Å². The van der Waals surface area contributed by atoms with Gasteiger partial charge in [0.15, 0.2) is 0 Å². The molecule has 0 aliphatic carbocycles. The third kappa shape index (κ3) is 23.0. The predicted molar refractivity (Wildman–Crippen MR) is 84.4 cm³/mol. The van der Waals surface area contributed by atoms with Crippen molar-refractivity contribution in [2.45, 2.75) is 84.0 Å². The van der Waals surface area contributed by atoms with Gasteiger partial charge in [0.05, 0.1) is 0 Å². The molecule has 0 rings (SSSR count). The molecule has 0 aliphatic heterocycles. The average molecular weight is 336 g/mol. The average Bonchev–Trinajstić information content (AvgIpc) is 2.43. The van der Waals surface area contributed by atoms with Gasteiger partial charge in [-0.1, -0.05) is 63.3 Å². The second-order valence-electron chi connectivity index (χ2n) is 5.35. The summed E-state index contributed by atoms with van der Waals surface area (Å²) < 4.78 is 0. The molecule has 3 heteroatoms. The van der Waals surface area contributed by atoms with Crippen LogP contribution in [0.15, 0.2) is 24.3 Å². The Bertz CT molecular complexity index is 272. The zero-order valence-electron chi connectivity index (χ0n) is 14.1. The minimum atomic E-state index is -0.921. The summed E-state index contributed by atoms with van der Waals surface area (Å²) in [6, 6.07) is 0. The van der Waals surface area contributed by atoms with Crippen molar-refractivity contribution in [3.8, 4) is 0 Å². The minimum Gasteiger partial charge on any atom is -0.550 e. The Balaban J connectivity index is 0. The molecule has 0 aromatic carbocycles. The van der Waals surface area contributed by atoms with E-state index >= 15 is 0 Å². The summed E-state index contributed by atoms with van der Waals surface area (Å²) in [7, 11) is 0. The zero-order valence-corrected chi connectivity index (χ0v) is 17.2. The summed E-state index contributed by atoms with van der Waals surface area (Å²) >= 11 is 0. The molecule has 21 heavy (non-hydrogen) atoms. The summed E-state index contributed by atoms with van der Waals surface area (Å²) in [4.78, 5) is 10.2. The van der Waals surface area contributed by atoms with Crippen molar-refractivity contribution in [1.29, 1.82) is 0 Å². The fourth-order valence-corrected chi connectivity index (χ4v) is 2.08. The van der Waals surface area contributed by atoms with Crippen LogP contribution in [0.3, 0.4) is 0 Å². The van der Waals surface area contributed by atoms with Crippen LogP contribution >= 0.6 is 0 Å². The molecule has 2 nitrogen and oxygen atoms in total. The van der Waals surface area contributed by atoms with Crippen LogP contribution in [0.4, 0.5) is 0 Å². The number of hydrogen-bond donors (Lipinski definition) is 0. The fraction of sp³-hybridized carbons (Fsp3) is 0.722. The van der Waals surface area contributed by atoms with Gasteiger partial charge < -0.3 is 9.90 Å². The quantitative estimate of drug-likeness (QED) is 0.209. The minimum absolute atomic E-state index is 0. The molecule has 0 spiro atoms. The molecule has 0 saturated heterocycles. The molecule has 0 aromatic heterocycles. The van der Waals surface area contributed by atoms with E-state index in [9.17, 15) is 9.90 Å². The van der Waals surface area contributed by atoms with Crippen LogP contribution in [0.5, 0.6) is 0 Å². The van der Waals surface area contributed by atoms with Crippen LogP contribution in [0.1, 0.15) is 84.0 Å².